The Bertz CT molecular complexity index is 640. The highest BCUT2D eigenvalue weighted by Crippen LogP contribution is 2.33. The summed E-state index contributed by atoms with van der Waals surface area (Å²) in [5.74, 6) is 4.90. The lowest BCUT2D eigenvalue weighted by Gasteiger charge is -2.39. The van der Waals surface area contributed by atoms with Crippen molar-refractivity contribution in [3.05, 3.63) is 18.2 Å². The van der Waals surface area contributed by atoms with Crippen LogP contribution in [-0.2, 0) is 4.79 Å². The normalized spacial score (nSPS) is 21.8. The molecular formula is C21H30N2O3S. The number of nitrogens with zero attached hydrogens (tertiary/aromatic N) is 1. The number of piperidine rings is 1. The molecule has 0 aliphatic carbocycles. The van der Waals surface area contributed by atoms with E-state index in [9.17, 15) is 4.79 Å². The summed E-state index contributed by atoms with van der Waals surface area (Å²) in [6.45, 7) is 3.56. The Morgan fingerprint density at radius 1 is 1.07 bits per heavy atom. The number of rotatable bonds is 5. The maximum atomic E-state index is 12.3. The van der Waals surface area contributed by atoms with E-state index in [0.29, 0.717) is 31.3 Å². The summed E-state index contributed by atoms with van der Waals surface area (Å²) in [6.07, 6.45) is 6.77. The Labute approximate surface area is 166 Å². The number of carbonyl (C=O) groups excluding carboxylic acids is 1. The van der Waals surface area contributed by atoms with Gasteiger partial charge in [0, 0.05) is 24.2 Å². The van der Waals surface area contributed by atoms with Gasteiger partial charge >= 0.3 is 0 Å². The largest absolute Gasteiger partial charge is 0.486 e. The highest BCUT2D eigenvalue weighted by atomic mass is 32.2. The molecule has 0 aromatic heterocycles. The molecule has 0 bridgehead atoms. The number of fused-ring (bicyclic) bond motifs is 1. The molecule has 2 fully saturated rings. The minimum Gasteiger partial charge on any atom is -0.486 e. The molecule has 0 unspecified atom stereocenters. The van der Waals surface area contributed by atoms with Crippen molar-refractivity contribution in [1.82, 2.24) is 4.90 Å². The second-order valence-electron chi connectivity index (χ2n) is 7.77. The van der Waals surface area contributed by atoms with Crippen LogP contribution in [0.25, 0.3) is 0 Å². The second-order valence-corrected chi connectivity index (χ2v) is 8.99. The monoisotopic (exact) mass is 390 g/mol. The van der Waals surface area contributed by atoms with Gasteiger partial charge in [0.1, 0.15) is 13.2 Å². The van der Waals surface area contributed by atoms with Crippen molar-refractivity contribution < 1.29 is 14.3 Å². The van der Waals surface area contributed by atoms with Gasteiger partial charge in [0.25, 0.3) is 0 Å². The summed E-state index contributed by atoms with van der Waals surface area (Å²) < 4.78 is 11.1. The average molecular weight is 391 g/mol. The van der Waals surface area contributed by atoms with Gasteiger partial charge in [0.15, 0.2) is 11.5 Å². The SMILES string of the molecule is O=C(CCC1CCN(C2CCSCC2)CC1)Nc1ccc2c(c1)OCCO2. The summed E-state index contributed by atoms with van der Waals surface area (Å²) in [6, 6.07) is 6.41. The molecule has 148 valence electrons. The van der Waals surface area contributed by atoms with Crippen molar-refractivity contribution in [1.29, 1.82) is 0 Å². The van der Waals surface area contributed by atoms with Gasteiger partial charge in [-0.2, -0.15) is 11.8 Å². The summed E-state index contributed by atoms with van der Waals surface area (Å²) in [5, 5.41) is 3.00. The van der Waals surface area contributed by atoms with Crippen molar-refractivity contribution in [2.75, 3.05) is 43.1 Å². The predicted octanol–water partition coefficient (Wildman–Crippen LogP) is 3.78. The summed E-state index contributed by atoms with van der Waals surface area (Å²) in [5.41, 5.74) is 0.786. The maximum absolute atomic E-state index is 12.3. The van der Waals surface area contributed by atoms with E-state index in [-0.39, 0.29) is 5.91 Å². The highest BCUT2D eigenvalue weighted by molar-refractivity contribution is 7.99. The first-order valence-electron chi connectivity index (χ1n) is 10.3. The van der Waals surface area contributed by atoms with Crippen LogP contribution >= 0.6 is 11.8 Å². The van der Waals surface area contributed by atoms with Gasteiger partial charge in [-0.15, -0.1) is 0 Å². The first kappa shape index (κ1) is 18.9. The van der Waals surface area contributed by atoms with Crippen molar-refractivity contribution in [3.63, 3.8) is 0 Å². The molecule has 1 N–H and O–H groups in total. The van der Waals surface area contributed by atoms with Crippen LogP contribution in [0.15, 0.2) is 18.2 Å². The van der Waals surface area contributed by atoms with Gasteiger partial charge in [-0.1, -0.05) is 0 Å². The Balaban J connectivity index is 1.19. The van der Waals surface area contributed by atoms with Gasteiger partial charge in [-0.25, -0.2) is 0 Å². The van der Waals surface area contributed by atoms with E-state index in [1.807, 2.05) is 18.2 Å². The zero-order chi connectivity index (χ0) is 18.5. The van der Waals surface area contributed by atoms with E-state index in [4.69, 9.17) is 9.47 Å². The van der Waals surface area contributed by atoms with Crippen molar-refractivity contribution in [2.45, 2.75) is 44.6 Å². The van der Waals surface area contributed by atoms with Gasteiger partial charge in [0.05, 0.1) is 0 Å². The number of likely N-dealkylation sites (tertiary alicyclic amines) is 1. The zero-order valence-electron chi connectivity index (χ0n) is 16.0. The number of thioether (sulfide) groups is 1. The molecule has 27 heavy (non-hydrogen) atoms. The summed E-state index contributed by atoms with van der Waals surface area (Å²) in [4.78, 5) is 15.0. The van der Waals surface area contributed by atoms with Crippen LogP contribution in [0.4, 0.5) is 5.69 Å². The van der Waals surface area contributed by atoms with Crippen LogP contribution < -0.4 is 14.8 Å². The van der Waals surface area contributed by atoms with E-state index in [1.165, 1.54) is 50.3 Å². The number of carbonyl (C=O) groups is 1. The molecule has 5 nitrogen and oxygen atoms in total. The predicted molar refractivity (Wildman–Crippen MR) is 110 cm³/mol. The molecule has 4 rings (SSSR count). The first-order valence-corrected chi connectivity index (χ1v) is 11.4. The van der Waals surface area contributed by atoms with Gasteiger partial charge < -0.3 is 19.7 Å². The number of nitrogens with one attached hydrogen (secondary N) is 1. The van der Waals surface area contributed by atoms with Crippen molar-refractivity contribution in [3.8, 4) is 11.5 Å². The molecule has 6 heteroatoms. The van der Waals surface area contributed by atoms with Crippen LogP contribution in [0, 0.1) is 5.92 Å². The molecule has 0 spiro atoms. The number of anilines is 1. The lowest BCUT2D eigenvalue weighted by atomic mass is 9.90. The number of benzene rings is 1. The van der Waals surface area contributed by atoms with Crippen molar-refractivity contribution in [2.24, 2.45) is 5.92 Å². The van der Waals surface area contributed by atoms with Crippen LogP contribution in [-0.4, -0.2) is 54.7 Å². The quantitative estimate of drug-likeness (QED) is 0.829. The lowest BCUT2D eigenvalue weighted by Crippen LogP contribution is -2.43. The van der Waals surface area contributed by atoms with Crippen LogP contribution in [0.1, 0.15) is 38.5 Å². The van der Waals surface area contributed by atoms with Crippen molar-refractivity contribution >= 4 is 23.4 Å². The van der Waals surface area contributed by atoms with Gasteiger partial charge in [-0.05, 0) is 74.7 Å². The van der Waals surface area contributed by atoms with Gasteiger partial charge in [0.2, 0.25) is 5.91 Å². The Morgan fingerprint density at radius 2 is 1.81 bits per heavy atom. The van der Waals surface area contributed by atoms with E-state index in [2.05, 4.69) is 22.0 Å². The summed E-state index contributed by atoms with van der Waals surface area (Å²) >= 11 is 2.10. The topological polar surface area (TPSA) is 50.8 Å². The molecule has 3 aliphatic heterocycles. The van der Waals surface area contributed by atoms with E-state index < -0.39 is 0 Å². The minimum absolute atomic E-state index is 0.0958. The molecule has 1 aromatic carbocycles. The number of ether oxygens (including phenoxy) is 2. The van der Waals surface area contributed by atoms with Crippen LogP contribution in [0.2, 0.25) is 0 Å². The van der Waals surface area contributed by atoms with E-state index in [0.717, 1.165) is 23.9 Å². The van der Waals surface area contributed by atoms with E-state index in [1.54, 1.807) is 0 Å². The van der Waals surface area contributed by atoms with Crippen LogP contribution in [0.5, 0.6) is 11.5 Å². The molecule has 3 heterocycles. The Kier molecular flexibility index (Phi) is 6.45. The minimum atomic E-state index is 0.0958. The highest BCUT2D eigenvalue weighted by Gasteiger charge is 2.26. The Morgan fingerprint density at radius 3 is 2.59 bits per heavy atom. The third-order valence-corrected chi connectivity index (χ3v) is 7.01. The maximum Gasteiger partial charge on any atom is 0.224 e. The second kappa shape index (κ2) is 9.20. The Hall–Kier alpha value is -1.40. The molecule has 2 saturated heterocycles. The van der Waals surface area contributed by atoms with Crippen LogP contribution in [0.3, 0.4) is 0 Å². The summed E-state index contributed by atoms with van der Waals surface area (Å²) in [7, 11) is 0. The molecule has 0 atom stereocenters. The molecule has 1 aromatic rings. The molecule has 0 radical (unpaired) electrons. The fourth-order valence-corrected chi connectivity index (χ4v) is 5.42. The fraction of sp³-hybridized carbons (Fsp3) is 0.667. The van der Waals surface area contributed by atoms with E-state index >= 15 is 0 Å². The molecule has 1 amide bonds. The fourth-order valence-electron chi connectivity index (χ4n) is 4.34. The third-order valence-electron chi connectivity index (χ3n) is 5.96. The zero-order valence-corrected chi connectivity index (χ0v) is 16.8. The first-order chi connectivity index (χ1) is 13.3. The molecule has 3 aliphatic rings. The number of hydrogen-bond donors (Lipinski definition) is 1. The molecule has 0 saturated carbocycles. The third kappa shape index (κ3) is 5.11. The lowest BCUT2D eigenvalue weighted by molar-refractivity contribution is -0.116. The number of hydrogen-bond acceptors (Lipinski definition) is 5. The molecular weight excluding hydrogens is 360 g/mol. The smallest absolute Gasteiger partial charge is 0.224 e. The standard InChI is InChI=1S/C21H30N2O3S/c24-21(22-17-2-3-19-20(15-17)26-12-11-25-19)4-1-16-5-9-23(10-6-16)18-7-13-27-14-8-18/h2-3,15-16,18H,1,4-14H2,(H,22,24). The number of amides is 1. The average Bonchev–Trinajstić information content (AvgIpc) is 2.73. The van der Waals surface area contributed by atoms with Gasteiger partial charge in [-0.3, -0.25) is 4.79 Å².